The van der Waals surface area contributed by atoms with Crippen LogP contribution in [0.1, 0.15) is 17.9 Å². The molecule has 1 aromatic carbocycles. The van der Waals surface area contributed by atoms with Crippen LogP contribution < -0.4 is 0 Å². The lowest BCUT2D eigenvalue weighted by atomic mass is 10.2. The number of aromatic nitrogens is 2. The molecule has 3 heteroatoms. The zero-order valence-electron chi connectivity index (χ0n) is 15.3. The summed E-state index contributed by atoms with van der Waals surface area (Å²) in [4.78, 5) is 0. The third kappa shape index (κ3) is 1.80. The molecule has 0 fully saturated rings. The van der Waals surface area contributed by atoms with Gasteiger partial charge in [0, 0.05) is 10.3 Å². The molecule has 2 aromatic rings. The topological polar surface area (TPSA) is 17.8 Å². The minimum atomic E-state index is -2.80. The maximum Gasteiger partial charge on any atom is 0.128 e. The molecule has 1 heterocycles. The van der Waals surface area contributed by atoms with Crippen molar-refractivity contribution in [1.82, 2.24) is 9.78 Å². The van der Waals surface area contributed by atoms with Gasteiger partial charge in [-0.15, -0.1) is 0 Å². The lowest BCUT2D eigenvalue weighted by Crippen LogP contribution is -1.93. The van der Waals surface area contributed by atoms with Gasteiger partial charge in [-0.2, -0.15) is 5.10 Å². The second-order valence-electron chi connectivity index (χ2n) is 2.16. The summed E-state index contributed by atoms with van der Waals surface area (Å²) >= 11 is 2.95. The molecule has 13 heavy (non-hydrogen) atoms. The van der Waals surface area contributed by atoms with Crippen molar-refractivity contribution in [2.75, 3.05) is 0 Å². The highest BCUT2D eigenvalue weighted by molar-refractivity contribution is 9.10. The fourth-order valence-corrected chi connectivity index (χ4v) is 1.00. The van der Waals surface area contributed by atoms with Crippen LogP contribution in [0, 0.1) is 6.85 Å². The predicted molar refractivity (Wildman–Crippen MR) is 56.0 cm³/mol. The van der Waals surface area contributed by atoms with E-state index in [1.54, 1.807) is 0 Å². The van der Waals surface area contributed by atoms with E-state index in [2.05, 4.69) is 21.0 Å². The lowest BCUT2D eigenvalue weighted by Gasteiger charge is -2.00. The summed E-state index contributed by atoms with van der Waals surface area (Å²) in [5.41, 5.74) is -1.05. The van der Waals surface area contributed by atoms with Crippen LogP contribution in [0.15, 0.2) is 41.0 Å². The molecule has 0 saturated carbocycles. The maximum atomic E-state index is 7.91. The van der Waals surface area contributed by atoms with E-state index in [4.69, 9.17) is 12.3 Å². The zero-order valence-corrected chi connectivity index (χ0v) is 7.86. The molecule has 0 aliphatic heterocycles. The van der Waals surface area contributed by atoms with Crippen LogP contribution in [0.4, 0.5) is 0 Å². The van der Waals surface area contributed by atoms with Crippen molar-refractivity contribution in [1.29, 1.82) is 0 Å². The first-order valence-corrected chi connectivity index (χ1v) is 4.10. The molecule has 2 rings (SSSR count). The van der Waals surface area contributed by atoms with E-state index in [9.17, 15) is 0 Å². The minimum Gasteiger partial charge on any atom is -0.240 e. The zero-order chi connectivity index (χ0) is 17.0. The molecule has 0 atom stereocenters. The SMILES string of the molecule is [2H]c1c([2H])c(C([2H])([2H])[2H])c([2H])c([2H])c1-n1nc(Br)c([2H])c1[2H]. The van der Waals surface area contributed by atoms with Gasteiger partial charge in [-0.3, -0.25) is 0 Å². The highest BCUT2D eigenvalue weighted by atomic mass is 79.9. The van der Waals surface area contributed by atoms with Crippen molar-refractivity contribution in [3.63, 3.8) is 0 Å². The van der Waals surface area contributed by atoms with Gasteiger partial charge in [-0.25, -0.2) is 4.68 Å². The molecule has 0 unspecified atom stereocenters. The lowest BCUT2D eigenvalue weighted by molar-refractivity contribution is 0.870. The van der Waals surface area contributed by atoms with Crippen molar-refractivity contribution < 1.29 is 12.3 Å². The van der Waals surface area contributed by atoms with Gasteiger partial charge in [0.25, 0.3) is 0 Å². The van der Waals surface area contributed by atoms with Crippen molar-refractivity contribution in [2.45, 2.75) is 6.85 Å². The number of nitrogens with zero attached hydrogens (tertiary/aromatic N) is 2. The quantitative estimate of drug-likeness (QED) is 0.756. The van der Waals surface area contributed by atoms with Gasteiger partial charge in [-0.05, 0) is 40.9 Å². The Morgan fingerprint density at radius 3 is 2.69 bits per heavy atom. The summed E-state index contributed by atoms with van der Waals surface area (Å²) in [7, 11) is 0. The first-order chi connectivity index (χ1) is 9.98. The molecule has 1 aromatic heterocycles. The predicted octanol–water partition coefficient (Wildman–Crippen LogP) is 2.94. The Balaban J connectivity index is 2.88. The van der Waals surface area contributed by atoms with Crippen LogP contribution in [0.5, 0.6) is 0 Å². The largest absolute Gasteiger partial charge is 0.240 e. The second kappa shape index (κ2) is 3.34. The summed E-state index contributed by atoms with van der Waals surface area (Å²) in [6.45, 7) is -2.80. The van der Waals surface area contributed by atoms with Crippen molar-refractivity contribution in [3.8, 4) is 5.69 Å². The van der Waals surface area contributed by atoms with Crippen LogP contribution in [-0.4, -0.2) is 9.78 Å². The van der Waals surface area contributed by atoms with Gasteiger partial charge < -0.3 is 0 Å². The molecule has 0 bridgehead atoms. The smallest absolute Gasteiger partial charge is 0.128 e. The van der Waals surface area contributed by atoms with E-state index in [1.165, 1.54) is 0 Å². The van der Waals surface area contributed by atoms with Crippen molar-refractivity contribution in [2.24, 2.45) is 0 Å². The summed E-state index contributed by atoms with van der Waals surface area (Å²) in [5, 5.41) is 3.79. The Morgan fingerprint density at radius 1 is 1.38 bits per heavy atom. The summed E-state index contributed by atoms with van der Waals surface area (Å²) in [6, 6.07) is -2.97. The fourth-order valence-electron chi connectivity index (χ4n) is 0.755. The Bertz CT molecular complexity index is 736. The Labute approximate surface area is 98.0 Å². The van der Waals surface area contributed by atoms with Crippen LogP contribution in [0.3, 0.4) is 0 Å². The van der Waals surface area contributed by atoms with Crippen molar-refractivity contribution in [3.05, 3.63) is 46.6 Å². The molecule has 0 amide bonds. The van der Waals surface area contributed by atoms with E-state index < -0.39 is 42.8 Å². The summed E-state index contributed by atoms with van der Waals surface area (Å²) in [5.74, 6) is 0. The first kappa shape index (κ1) is 2.95. The van der Waals surface area contributed by atoms with Gasteiger partial charge in [0.2, 0.25) is 0 Å². The van der Waals surface area contributed by atoms with Crippen LogP contribution >= 0.6 is 15.9 Å². The number of hydrogen-bond acceptors (Lipinski definition) is 1. The van der Waals surface area contributed by atoms with E-state index in [-0.39, 0.29) is 16.3 Å². The molecule has 0 N–H and O–H groups in total. The Morgan fingerprint density at radius 2 is 2.15 bits per heavy atom. The van der Waals surface area contributed by atoms with E-state index in [1.807, 2.05) is 0 Å². The second-order valence-corrected chi connectivity index (χ2v) is 2.91. The number of halogens is 1. The van der Waals surface area contributed by atoms with Gasteiger partial charge >= 0.3 is 0 Å². The molecule has 0 aliphatic rings. The number of rotatable bonds is 1. The summed E-state index contributed by atoms with van der Waals surface area (Å²) < 4.78 is 69.5. The van der Waals surface area contributed by atoms with Crippen LogP contribution in [0.25, 0.3) is 5.69 Å². The van der Waals surface area contributed by atoms with E-state index in [0.717, 1.165) is 4.68 Å². The van der Waals surface area contributed by atoms with Gasteiger partial charge in [0.05, 0.1) is 13.9 Å². The van der Waals surface area contributed by atoms with E-state index in [0.29, 0.717) is 0 Å². The molecule has 0 radical (unpaired) electrons. The molecule has 66 valence electrons. The van der Waals surface area contributed by atoms with Gasteiger partial charge in [0.15, 0.2) is 0 Å². The third-order valence-corrected chi connectivity index (χ3v) is 1.63. The average molecular weight is 246 g/mol. The molecule has 0 spiro atoms. The van der Waals surface area contributed by atoms with Crippen LogP contribution in [0.2, 0.25) is 0 Å². The standard InChI is InChI=1S/C10H9BrN2/c1-8-2-4-9(5-3-8)13-7-6-10(11)12-13/h2-7H,1H3/i1D3,2D,3D,4D,5D,6D,7D. The average Bonchev–Trinajstić information content (AvgIpc) is 2.64. The monoisotopic (exact) mass is 245 g/mol. The third-order valence-electron chi connectivity index (χ3n) is 1.28. The van der Waals surface area contributed by atoms with E-state index >= 15 is 0 Å². The number of benzene rings is 1. The Kier molecular flexibility index (Phi) is 0.759. The summed E-state index contributed by atoms with van der Waals surface area (Å²) in [6.07, 6.45) is -0.436. The normalized spacial score (nSPS) is 21.2. The highest BCUT2D eigenvalue weighted by Gasteiger charge is 1.97. The van der Waals surface area contributed by atoms with Gasteiger partial charge in [0.1, 0.15) is 4.60 Å². The highest BCUT2D eigenvalue weighted by Crippen LogP contribution is 2.11. The van der Waals surface area contributed by atoms with Gasteiger partial charge in [-0.1, -0.05) is 17.6 Å². The molecule has 0 aliphatic carbocycles. The Hall–Kier alpha value is -1.09. The maximum absolute atomic E-state index is 7.91. The number of hydrogen-bond donors (Lipinski definition) is 0. The van der Waals surface area contributed by atoms with Crippen molar-refractivity contribution >= 4 is 15.9 Å². The molecular formula is C10H9BrN2. The molecule has 2 nitrogen and oxygen atoms in total. The fraction of sp³-hybridized carbons (Fsp3) is 0.100. The molecule has 0 saturated heterocycles. The first-order valence-electron chi connectivity index (χ1n) is 7.81. The molecular weight excluding hydrogens is 228 g/mol. The van der Waals surface area contributed by atoms with Crippen LogP contribution in [-0.2, 0) is 0 Å². The minimum absolute atomic E-state index is 0.00857.